The Kier molecular flexibility index (Phi) is 5.25. The van der Waals surface area contributed by atoms with Gasteiger partial charge in [0.15, 0.2) is 5.60 Å². The molecule has 0 heterocycles. The molecule has 2 unspecified atom stereocenters. The van der Waals surface area contributed by atoms with E-state index in [-0.39, 0.29) is 6.42 Å². The van der Waals surface area contributed by atoms with Crippen molar-refractivity contribution >= 4 is 0 Å². The van der Waals surface area contributed by atoms with Gasteiger partial charge < -0.3 is 10.1 Å². The normalized spacial score (nSPS) is 30.5. The van der Waals surface area contributed by atoms with Gasteiger partial charge in [0, 0.05) is 7.11 Å². The third-order valence-corrected chi connectivity index (χ3v) is 3.83. The van der Waals surface area contributed by atoms with Crippen molar-refractivity contribution in [3.63, 3.8) is 0 Å². The number of halogens is 3. The highest BCUT2D eigenvalue weighted by Gasteiger charge is 2.59. The molecule has 1 aliphatic rings. The molecular formula is C12H22F3NO. The summed E-state index contributed by atoms with van der Waals surface area (Å²) in [4.78, 5) is 0. The summed E-state index contributed by atoms with van der Waals surface area (Å²) in [5, 5.41) is 2.97. The lowest BCUT2D eigenvalue weighted by Gasteiger charge is -2.44. The predicted molar refractivity (Wildman–Crippen MR) is 60.9 cm³/mol. The molecule has 0 aromatic carbocycles. The minimum atomic E-state index is -4.26. The van der Waals surface area contributed by atoms with Crippen LogP contribution in [0.2, 0.25) is 0 Å². The highest BCUT2D eigenvalue weighted by molar-refractivity contribution is 4.97. The van der Waals surface area contributed by atoms with Crippen molar-refractivity contribution in [3.8, 4) is 0 Å². The molecule has 0 aromatic heterocycles. The summed E-state index contributed by atoms with van der Waals surface area (Å²) >= 11 is 0. The molecule has 0 spiro atoms. The Hall–Kier alpha value is -0.290. The van der Waals surface area contributed by atoms with Crippen LogP contribution in [0.4, 0.5) is 13.2 Å². The summed E-state index contributed by atoms with van der Waals surface area (Å²) < 4.78 is 44.6. The van der Waals surface area contributed by atoms with Crippen LogP contribution < -0.4 is 5.32 Å². The number of alkyl halides is 3. The van der Waals surface area contributed by atoms with Crippen molar-refractivity contribution in [1.82, 2.24) is 5.32 Å². The second-order valence-corrected chi connectivity index (χ2v) is 4.78. The van der Waals surface area contributed by atoms with Crippen LogP contribution in [-0.2, 0) is 4.74 Å². The van der Waals surface area contributed by atoms with E-state index in [9.17, 15) is 13.2 Å². The summed E-state index contributed by atoms with van der Waals surface area (Å²) in [5.41, 5.74) is -1.90. The van der Waals surface area contributed by atoms with Crippen molar-refractivity contribution in [3.05, 3.63) is 0 Å². The van der Waals surface area contributed by atoms with Crippen molar-refractivity contribution in [2.75, 3.05) is 20.7 Å². The summed E-state index contributed by atoms with van der Waals surface area (Å²) in [6.45, 7) is 0.758. The topological polar surface area (TPSA) is 21.3 Å². The summed E-state index contributed by atoms with van der Waals surface area (Å²) in [5.74, 6) is -0.394. The molecule has 1 N–H and O–H groups in total. The lowest BCUT2D eigenvalue weighted by Crippen LogP contribution is -2.54. The molecule has 1 saturated carbocycles. The lowest BCUT2D eigenvalue weighted by atomic mass is 9.72. The average Bonchev–Trinajstić information content (AvgIpc) is 2.28. The molecule has 5 heteroatoms. The van der Waals surface area contributed by atoms with Crippen LogP contribution in [0.3, 0.4) is 0 Å². The molecule has 102 valence electrons. The second kappa shape index (κ2) is 6.05. The zero-order valence-corrected chi connectivity index (χ0v) is 10.6. The molecule has 2 nitrogen and oxygen atoms in total. The Bertz CT molecular complexity index is 232. The molecule has 2 atom stereocenters. The summed E-state index contributed by atoms with van der Waals surface area (Å²) in [6, 6.07) is 0. The van der Waals surface area contributed by atoms with Gasteiger partial charge >= 0.3 is 6.18 Å². The van der Waals surface area contributed by atoms with Gasteiger partial charge in [0.1, 0.15) is 0 Å². The third-order valence-electron chi connectivity index (χ3n) is 3.83. The molecule has 17 heavy (non-hydrogen) atoms. The van der Waals surface area contributed by atoms with Crippen LogP contribution in [0.15, 0.2) is 0 Å². The largest absolute Gasteiger partial charge is 0.417 e. The smallest absolute Gasteiger partial charge is 0.368 e. The number of methoxy groups -OCH3 is 1. The summed E-state index contributed by atoms with van der Waals surface area (Å²) in [7, 11) is 3.01. The van der Waals surface area contributed by atoms with E-state index in [1.165, 1.54) is 7.11 Å². The van der Waals surface area contributed by atoms with Crippen LogP contribution in [-0.4, -0.2) is 32.5 Å². The molecule has 0 amide bonds. The van der Waals surface area contributed by atoms with E-state index in [1.807, 2.05) is 7.05 Å². The van der Waals surface area contributed by atoms with E-state index >= 15 is 0 Å². The van der Waals surface area contributed by atoms with Crippen LogP contribution >= 0.6 is 0 Å². The zero-order valence-electron chi connectivity index (χ0n) is 10.6. The first-order valence-corrected chi connectivity index (χ1v) is 6.24. The molecule has 1 aliphatic carbocycles. The van der Waals surface area contributed by atoms with Gasteiger partial charge in [0.2, 0.25) is 0 Å². The first-order valence-electron chi connectivity index (χ1n) is 6.24. The van der Waals surface area contributed by atoms with E-state index in [0.717, 1.165) is 19.4 Å². The van der Waals surface area contributed by atoms with Crippen LogP contribution in [0.1, 0.15) is 38.5 Å². The number of ether oxygens (including phenoxy) is 1. The van der Waals surface area contributed by atoms with Gasteiger partial charge in [-0.3, -0.25) is 0 Å². The maximum absolute atomic E-state index is 13.2. The highest BCUT2D eigenvalue weighted by atomic mass is 19.4. The van der Waals surface area contributed by atoms with Gasteiger partial charge in [-0.15, -0.1) is 0 Å². The zero-order chi connectivity index (χ0) is 12.9. The van der Waals surface area contributed by atoms with Gasteiger partial charge in [0.25, 0.3) is 0 Å². The summed E-state index contributed by atoms with van der Waals surface area (Å²) in [6.07, 6.45) is -0.696. The second-order valence-electron chi connectivity index (χ2n) is 4.78. The predicted octanol–water partition coefficient (Wildman–Crippen LogP) is 3.12. The minimum absolute atomic E-state index is 0.108. The molecular weight excluding hydrogens is 231 g/mol. The van der Waals surface area contributed by atoms with E-state index < -0.39 is 17.7 Å². The monoisotopic (exact) mass is 253 g/mol. The first kappa shape index (κ1) is 14.8. The van der Waals surface area contributed by atoms with Crippen molar-refractivity contribution in [2.45, 2.75) is 50.3 Å². The maximum Gasteiger partial charge on any atom is 0.417 e. The average molecular weight is 253 g/mol. The van der Waals surface area contributed by atoms with Crippen molar-refractivity contribution < 1.29 is 17.9 Å². The van der Waals surface area contributed by atoms with Gasteiger partial charge in [-0.2, -0.15) is 13.2 Å². The molecule has 0 aromatic rings. The minimum Gasteiger partial charge on any atom is -0.368 e. The molecule has 0 saturated heterocycles. The maximum atomic E-state index is 13.2. The Balaban J connectivity index is 2.75. The molecule has 0 radical (unpaired) electrons. The number of hydrogen-bond donors (Lipinski definition) is 1. The van der Waals surface area contributed by atoms with Gasteiger partial charge in [0.05, 0.1) is 0 Å². The van der Waals surface area contributed by atoms with Crippen molar-refractivity contribution in [2.24, 2.45) is 5.92 Å². The van der Waals surface area contributed by atoms with Crippen LogP contribution in [0.5, 0.6) is 0 Å². The van der Waals surface area contributed by atoms with E-state index in [1.54, 1.807) is 0 Å². The van der Waals surface area contributed by atoms with E-state index in [2.05, 4.69) is 5.32 Å². The fourth-order valence-electron chi connectivity index (χ4n) is 2.88. The third kappa shape index (κ3) is 3.13. The van der Waals surface area contributed by atoms with Gasteiger partial charge in [-0.1, -0.05) is 12.8 Å². The number of nitrogens with one attached hydrogen (secondary N) is 1. The van der Waals surface area contributed by atoms with E-state index in [4.69, 9.17) is 4.74 Å². The molecule has 0 bridgehead atoms. The Morgan fingerprint density at radius 3 is 2.59 bits per heavy atom. The molecule has 0 aliphatic heterocycles. The SMILES string of the molecule is CNCCCC1CCCCC1(OC)C(F)(F)F. The number of hydrogen-bond acceptors (Lipinski definition) is 2. The number of rotatable bonds is 5. The molecule has 1 rings (SSSR count). The van der Waals surface area contributed by atoms with E-state index in [0.29, 0.717) is 19.3 Å². The Morgan fingerprint density at radius 1 is 1.35 bits per heavy atom. The van der Waals surface area contributed by atoms with Crippen LogP contribution in [0, 0.1) is 5.92 Å². The fourth-order valence-corrected chi connectivity index (χ4v) is 2.88. The standard InChI is InChI=1S/C12H22F3NO/c1-16-9-5-7-10-6-3-4-8-11(10,17-2)12(13,14)15/h10,16H,3-9H2,1-2H3. The molecule has 1 fully saturated rings. The first-order chi connectivity index (χ1) is 7.98. The quantitative estimate of drug-likeness (QED) is 0.760. The van der Waals surface area contributed by atoms with Crippen LogP contribution in [0.25, 0.3) is 0 Å². The Labute approximate surface area is 101 Å². The lowest BCUT2D eigenvalue weighted by molar-refractivity contribution is -0.298. The Morgan fingerprint density at radius 2 is 2.06 bits per heavy atom. The highest BCUT2D eigenvalue weighted by Crippen LogP contribution is 2.49. The van der Waals surface area contributed by atoms with Crippen molar-refractivity contribution in [1.29, 1.82) is 0 Å². The fraction of sp³-hybridized carbons (Fsp3) is 1.00. The van der Waals surface area contributed by atoms with Gasteiger partial charge in [-0.25, -0.2) is 0 Å². The van der Waals surface area contributed by atoms with Gasteiger partial charge in [-0.05, 0) is 45.2 Å².